The molecule has 0 aliphatic carbocycles. The summed E-state index contributed by atoms with van der Waals surface area (Å²) in [5, 5.41) is 10.5. The molecule has 2 heterocycles. The van der Waals surface area contributed by atoms with E-state index in [0.717, 1.165) is 6.26 Å². The van der Waals surface area contributed by atoms with E-state index >= 15 is 0 Å². The van der Waals surface area contributed by atoms with E-state index in [-0.39, 0.29) is 22.5 Å². The molecule has 2 aromatic carbocycles. The van der Waals surface area contributed by atoms with Gasteiger partial charge in [-0.2, -0.15) is 10.1 Å². The van der Waals surface area contributed by atoms with E-state index in [1.807, 2.05) is 0 Å². The zero-order chi connectivity index (χ0) is 19.9. The number of halogens is 1. The topological polar surface area (TPSA) is 127 Å². The molecule has 0 radical (unpaired) electrons. The number of aromatic amines is 1. The molecule has 142 valence electrons. The zero-order valence-corrected chi connectivity index (χ0v) is 15.5. The van der Waals surface area contributed by atoms with Crippen molar-refractivity contribution >= 4 is 38.2 Å². The van der Waals surface area contributed by atoms with Gasteiger partial charge >= 0.3 is 0 Å². The standard InChI is InChI=1S/C18H15FN6O2S/c1-28(26,27)12-5-3-11(4-6-12)22-18-21-9-14(17(20)23-18)16-13-8-10(19)2-7-15(13)24-25-16/h2-9H,1H3,(H,24,25)(H3,20,21,22,23). The van der Waals surface area contributed by atoms with E-state index in [9.17, 15) is 12.8 Å². The summed E-state index contributed by atoms with van der Waals surface area (Å²) in [6.07, 6.45) is 2.64. The van der Waals surface area contributed by atoms with Crippen LogP contribution in [0.4, 0.5) is 21.8 Å². The maximum Gasteiger partial charge on any atom is 0.229 e. The lowest BCUT2D eigenvalue weighted by Gasteiger charge is -2.08. The predicted octanol–water partition coefficient (Wildman–Crippen LogP) is 2.89. The Balaban J connectivity index is 1.63. The van der Waals surface area contributed by atoms with Crippen molar-refractivity contribution in [3.05, 3.63) is 54.5 Å². The van der Waals surface area contributed by atoms with Crippen LogP contribution in [0.3, 0.4) is 0 Å². The van der Waals surface area contributed by atoms with Gasteiger partial charge < -0.3 is 11.1 Å². The molecule has 4 aromatic rings. The molecular formula is C18H15FN6O2S. The van der Waals surface area contributed by atoms with Crippen molar-refractivity contribution in [2.45, 2.75) is 4.90 Å². The summed E-state index contributed by atoms with van der Waals surface area (Å²) in [5.74, 6) is 0.0211. The molecule has 0 bridgehead atoms. The quantitative estimate of drug-likeness (QED) is 0.482. The van der Waals surface area contributed by atoms with E-state index in [2.05, 4.69) is 25.5 Å². The average molecular weight is 398 g/mol. The van der Waals surface area contributed by atoms with Gasteiger partial charge in [0.15, 0.2) is 9.84 Å². The molecular weight excluding hydrogens is 383 g/mol. The highest BCUT2D eigenvalue weighted by molar-refractivity contribution is 7.90. The highest BCUT2D eigenvalue weighted by Crippen LogP contribution is 2.30. The Morgan fingerprint density at radius 1 is 1.14 bits per heavy atom. The lowest BCUT2D eigenvalue weighted by atomic mass is 10.1. The Morgan fingerprint density at radius 2 is 1.89 bits per heavy atom. The second kappa shape index (κ2) is 6.57. The number of nitrogens with zero attached hydrogens (tertiary/aromatic N) is 3. The van der Waals surface area contributed by atoms with E-state index in [4.69, 9.17) is 5.73 Å². The van der Waals surface area contributed by atoms with Crippen LogP contribution in [0.25, 0.3) is 22.2 Å². The second-order valence-corrected chi connectivity index (χ2v) is 8.19. The Morgan fingerprint density at radius 3 is 2.57 bits per heavy atom. The smallest absolute Gasteiger partial charge is 0.229 e. The Hall–Kier alpha value is -3.53. The van der Waals surface area contributed by atoms with E-state index in [1.54, 1.807) is 18.2 Å². The van der Waals surface area contributed by atoms with Gasteiger partial charge in [0, 0.05) is 23.5 Å². The van der Waals surface area contributed by atoms with Gasteiger partial charge in [-0.25, -0.2) is 17.8 Å². The SMILES string of the molecule is CS(=O)(=O)c1ccc(Nc2ncc(-c3n[nH]c4ccc(F)cc34)c(N)n2)cc1. The minimum atomic E-state index is -3.27. The van der Waals surface area contributed by atoms with Crippen LogP contribution >= 0.6 is 0 Å². The number of hydrogen-bond donors (Lipinski definition) is 3. The van der Waals surface area contributed by atoms with Gasteiger partial charge in [-0.15, -0.1) is 0 Å². The number of nitrogens with two attached hydrogens (primary N) is 1. The monoisotopic (exact) mass is 398 g/mol. The fourth-order valence-electron chi connectivity index (χ4n) is 2.74. The van der Waals surface area contributed by atoms with E-state index in [1.165, 1.54) is 30.5 Å². The van der Waals surface area contributed by atoms with Crippen LogP contribution in [0.15, 0.2) is 53.6 Å². The average Bonchev–Trinajstić information content (AvgIpc) is 3.04. The van der Waals surface area contributed by atoms with Crippen molar-refractivity contribution in [1.82, 2.24) is 20.2 Å². The molecule has 10 heteroatoms. The number of nitrogen functional groups attached to an aromatic ring is 1. The first-order chi connectivity index (χ1) is 13.3. The van der Waals surface area contributed by atoms with Gasteiger partial charge in [-0.1, -0.05) is 0 Å². The minimum Gasteiger partial charge on any atom is -0.383 e. The van der Waals surface area contributed by atoms with Crippen LogP contribution in [0.2, 0.25) is 0 Å². The predicted molar refractivity (Wildman–Crippen MR) is 104 cm³/mol. The minimum absolute atomic E-state index is 0.169. The number of benzene rings is 2. The van der Waals surface area contributed by atoms with Crippen molar-refractivity contribution in [2.75, 3.05) is 17.3 Å². The molecule has 28 heavy (non-hydrogen) atoms. The number of H-pyrrole nitrogens is 1. The second-order valence-electron chi connectivity index (χ2n) is 6.18. The number of nitrogens with one attached hydrogen (secondary N) is 2. The van der Waals surface area contributed by atoms with Gasteiger partial charge in [-0.3, -0.25) is 5.10 Å². The maximum atomic E-state index is 13.6. The molecule has 0 aliphatic rings. The fourth-order valence-corrected chi connectivity index (χ4v) is 3.37. The fraction of sp³-hybridized carbons (Fsp3) is 0.0556. The van der Waals surface area contributed by atoms with Crippen molar-refractivity contribution in [3.63, 3.8) is 0 Å². The summed E-state index contributed by atoms with van der Waals surface area (Å²) in [5.41, 5.74) is 8.25. The van der Waals surface area contributed by atoms with Crippen LogP contribution in [-0.2, 0) is 9.84 Å². The van der Waals surface area contributed by atoms with Gasteiger partial charge in [0.1, 0.15) is 17.3 Å². The summed E-state index contributed by atoms with van der Waals surface area (Å²) >= 11 is 0. The first kappa shape index (κ1) is 17.9. The molecule has 0 atom stereocenters. The molecule has 0 saturated carbocycles. The Kier molecular flexibility index (Phi) is 4.19. The molecule has 0 unspecified atom stereocenters. The summed E-state index contributed by atoms with van der Waals surface area (Å²) in [7, 11) is -3.27. The van der Waals surface area contributed by atoms with Gasteiger partial charge in [-0.05, 0) is 42.5 Å². The summed E-state index contributed by atoms with van der Waals surface area (Å²) in [6.45, 7) is 0. The van der Waals surface area contributed by atoms with E-state index < -0.39 is 9.84 Å². The Labute approximate surface area is 159 Å². The Bertz CT molecular complexity index is 1290. The lowest BCUT2D eigenvalue weighted by Crippen LogP contribution is -2.03. The van der Waals surface area contributed by atoms with Crippen LogP contribution in [0.5, 0.6) is 0 Å². The van der Waals surface area contributed by atoms with Crippen LogP contribution in [0.1, 0.15) is 0 Å². The van der Waals surface area contributed by atoms with Gasteiger partial charge in [0.25, 0.3) is 0 Å². The summed E-state index contributed by atoms with van der Waals surface area (Å²) in [4.78, 5) is 8.65. The molecule has 8 nitrogen and oxygen atoms in total. The molecule has 4 N–H and O–H groups in total. The van der Waals surface area contributed by atoms with Crippen molar-refractivity contribution in [1.29, 1.82) is 0 Å². The maximum absolute atomic E-state index is 13.6. The molecule has 0 saturated heterocycles. The van der Waals surface area contributed by atoms with Crippen molar-refractivity contribution < 1.29 is 12.8 Å². The largest absolute Gasteiger partial charge is 0.383 e. The summed E-state index contributed by atoms with van der Waals surface area (Å²) < 4.78 is 36.6. The number of hydrogen-bond acceptors (Lipinski definition) is 7. The number of rotatable bonds is 4. The molecule has 0 spiro atoms. The number of anilines is 3. The highest BCUT2D eigenvalue weighted by atomic mass is 32.2. The van der Waals surface area contributed by atoms with Gasteiger partial charge in [0.05, 0.1) is 16.0 Å². The number of aromatic nitrogens is 4. The zero-order valence-electron chi connectivity index (χ0n) is 14.6. The van der Waals surface area contributed by atoms with Gasteiger partial charge in [0.2, 0.25) is 5.95 Å². The molecule has 2 aromatic heterocycles. The molecule has 0 fully saturated rings. The number of fused-ring (bicyclic) bond motifs is 1. The molecule has 4 rings (SSSR count). The third-order valence-electron chi connectivity index (χ3n) is 4.14. The number of sulfone groups is 1. The normalized spacial score (nSPS) is 11.6. The summed E-state index contributed by atoms with van der Waals surface area (Å²) in [6, 6.07) is 10.5. The van der Waals surface area contributed by atoms with Crippen LogP contribution in [-0.4, -0.2) is 34.8 Å². The highest BCUT2D eigenvalue weighted by Gasteiger charge is 2.14. The third kappa shape index (κ3) is 3.37. The molecule has 0 amide bonds. The molecule has 0 aliphatic heterocycles. The first-order valence-corrected chi connectivity index (χ1v) is 10.0. The lowest BCUT2D eigenvalue weighted by molar-refractivity contribution is 0.602. The van der Waals surface area contributed by atoms with Crippen molar-refractivity contribution in [3.8, 4) is 11.3 Å². The van der Waals surface area contributed by atoms with Crippen LogP contribution < -0.4 is 11.1 Å². The van der Waals surface area contributed by atoms with E-state index in [0.29, 0.717) is 27.8 Å². The third-order valence-corrected chi connectivity index (χ3v) is 5.27. The van der Waals surface area contributed by atoms with Crippen molar-refractivity contribution in [2.24, 2.45) is 0 Å². The first-order valence-electron chi connectivity index (χ1n) is 8.15. The van der Waals surface area contributed by atoms with Crippen LogP contribution in [0, 0.1) is 5.82 Å².